The van der Waals surface area contributed by atoms with Crippen LogP contribution in [0.15, 0.2) is 23.0 Å². The first-order valence-corrected chi connectivity index (χ1v) is 8.46. The van der Waals surface area contributed by atoms with E-state index in [0.29, 0.717) is 37.4 Å². The van der Waals surface area contributed by atoms with Crippen LogP contribution >= 0.6 is 0 Å². The molecule has 0 saturated carbocycles. The fourth-order valence-electron chi connectivity index (χ4n) is 3.06. The Morgan fingerprint density at radius 2 is 2.12 bits per heavy atom. The fourth-order valence-corrected chi connectivity index (χ4v) is 3.06. The van der Waals surface area contributed by atoms with Gasteiger partial charge in [0, 0.05) is 36.2 Å². The van der Waals surface area contributed by atoms with Crippen LogP contribution in [0.4, 0.5) is 4.39 Å². The molecule has 0 aliphatic carbocycles. The van der Waals surface area contributed by atoms with Gasteiger partial charge in [-0.25, -0.2) is 9.37 Å². The Morgan fingerprint density at radius 3 is 2.80 bits per heavy atom. The third-order valence-electron chi connectivity index (χ3n) is 4.52. The Balaban J connectivity index is 1.86. The summed E-state index contributed by atoms with van der Waals surface area (Å²) in [6.07, 6.45) is 0.619. The predicted molar refractivity (Wildman–Crippen MR) is 94.3 cm³/mol. The Bertz CT molecular complexity index is 840. The van der Waals surface area contributed by atoms with Gasteiger partial charge in [0.2, 0.25) is 0 Å². The van der Waals surface area contributed by atoms with Gasteiger partial charge >= 0.3 is 0 Å². The number of hydrogen-bond donors (Lipinski definition) is 1. The SMILES string of the molecule is COc1cccc(CN2CCc3c(nc(C(C)(C)C)[nH]c3=O)C2)c1F. The number of H-pyrrole nitrogens is 1. The third kappa shape index (κ3) is 3.58. The van der Waals surface area contributed by atoms with E-state index in [1.54, 1.807) is 18.2 Å². The number of aromatic nitrogens is 2. The zero-order chi connectivity index (χ0) is 18.2. The average Bonchev–Trinajstić information content (AvgIpc) is 2.55. The Labute approximate surface area is 146 Å². The Kier molecular flexibility index (Phi) is 4.64. The number of fused-ring (bicyclic) bond motifs is 1. The molecular formula is C19H24FN3O2. The highest BCUT2D eigenvalue weighted by Crippen LogP contribution is 2.24. The summed E-state index contributed by atoms with van der Waals surface area (Å²) in [5.41, 5.74) is 1.85. The molecule has 0 radical (unpaired) electrons. The molecule has 0 fully saturated rings. The van der Waals surface area contributed by atoms with Crippen LogP contribution in [0.3, 0.4) is 0 Å². The molecule has 134 valence electrons. The first-order valence-electron chi connectivity index (χ1n) is 8.46. The lowest BCUT2D eigenvalue weighted by atomic mass is 9.95. The van der Waals surface area contributed by atoms with E-state index in [2.05, 4.69) is 14.9 Å². The molecule has 25 heavy (non-hydrogen) atoms. The molecule has 0 amide bonds. The second kappa shape index (κ2) is 6.59. The van der Waals surface area contributed by atoms with Crippen LogP contribution in [-0.2, 0) is 24.9 Å². The van der Waals surface area contributed by atoms with Crippen molar-refractivity contribution in [2.45, 2.75) is 45.7 Å². The molecule has 1 N–H and O–H groups in total. The number of methoxy groups -OCH3 is 1. The van der Waals surface area contributed by atoms with Crippen LogP contribution in [0.25, 0.3) is 0 Å². The minimum Gasteiger partial charge on any atom is -0.494 e. The normalized spacial score (nSPS) is 15.1. The second-order valence-electron chi connectivity index (χ2n) is 7.48. The number of benzene rings is 1. The summed E-state index contributed by atoms with van der Waals surface area (Å²) in [6.45, 7) is 7.75. The van der Waals surface area contributed by atoms with E-state index in [9.17, 15) is 9.18 Å². The topological polar surface area (TPSA) is 58.2 Å². The molecule has 0 bridgehead atoms. The van der Waals surface area contributed by atoms with Gasteiger partial charge in [-0.1, -0.05) is 32.9 Å². The van der Waals surface area contributed by atoms with Crippen LogP contribution in [0.5, 0.6) is 5.75 Å². The fraction of sp³-hybridized carbons (Fsp3) is 0.474. The van der Waals surface area contributed by atoms with Crippen molar-refractivity contribution in [2.24, 2.45) is 0 Å². The standard InChI is InChI=1S/C19H24FN3O2/c1-19(2,3)18-21-14-11-23(9-8-13(14)17(24)22-18)10-12-6-5-7-15(25-4)16(12)20/h5-7H,8-11H2,1-4H3,(H,21,22,24). The lowest BCUT2D eigenvalue weighted by Gasteiger charge is -2.29. The van der Waals surface area contributed by atoms with Crippen molar-refractivity contribution in [1.29, 1.82) is 0 Å². The monoisotopic (exact) mass is 345 g/mol. The molecule has 0 spiro atoms. The van der Waals surface area contributed by atoms with Crippen molar-refractivity contribution in [3.05, 3.63) is 57.0 Å². The molecule has 1 aliphatic heterocycles. The van der Waals surface area contributed by atoms with Gasteiger partial charge in [-0.3, -0.25) is 9.69 Å². The second-order valence-corrected chi connectivity index (χ2v) is 7.48. The molecule has 1 aromatic heterocycles. The Morgan fingerprint density at radius 1 is 1.36 bits per heavy atom. The van der Waals surface area contributed by atoms with Gasteiger partial charge in [0.15, 0.2) is 11.6 Å². The number of hydrogen-bond acceptors (Lipinski definition) is 4. The summed E-state index contributed by atoms with van der Waals surface area (Å²) in [4.78, 5) is 22.0. The zero-order valence-corrected chi connectivity index (χ0v) is 15.1. The van der Waals surface area contributed by atoms with Gasteiger partial charge in [0.1, 0.15) is 5.82 Å². The van der Waals surface area contributed by atoms with Gasteiger partial charge in [-0.2, -0.15) is 0 Å². The maximum Gasteiger partial charge on any atom is 0.254 e. The number of rotatable bonds is 3. The minimum atomic E-state index is -0.329. The van der Waals surface area contributed by atoms with Crippen molar-refractivity contribution in [2.75, 3.05) is 13.7 Å². The minimum absolute atomic E-state index is 0.0536. The van der Waals surface area contributed by atoms with Crippen LogP contribution < -0.4 is 10.3 Å². The maximum atomic E-state index is 14.4. The summed E-state index contributed by atoms with van der Waals surface area (Å²) < 4.78 is 19.4. The molecule has 0 atom stereocenters. The van der Waals surface area contributed by atoms with Gasteiger partial charge in [-0.15, -0.1) is 0 Å². The number of ether oxygens (including phenoxy) is 1. The van der Waals surface area contributed by atoms with Crippen molar-refractivity contribution >= 4 is 0 Å². The van der Waals surface area contributed by atoms with E-state index in [0.717, 1.165) is 11.3 Å². The lowest BCUT2D eigenvalue weighted by Crippen LogP contribution is -2.36. The quantitative estimate of drug-likeness (QED) is 0.929. The summed E-state index contributed by atoms with van der Waals surface area (Å²) >= 11 is 0. The van der Waals surface area contributed by atoms with E-state index < -0.39 is 0 Å². The highest BCUT2D eigenvalue weighted by atomic mass is 19.1. The largest absolute Gasteiger partial charge is 0.494 e. The van der Waals surface area contributed by atoms with Crippen LogP contribution in [0.2, 0.25) is 0 Å². The van der Waals surface area contributed by atoms with E-state index in [1.807, 2.05) is 20.8 Å². The summed E-state index contributed by atoms with van der Waals surface area (Å²) in [6, 6.07) is 5.16. The van der Waals surface area contributed by atoms with Gasteiger partial charge in [0.05, 0.1) is 12.8 Å². The summed E-state index contributed by atoms with van der Waals surface area (Å²) in [5.74, 6) is 0.607. The van der Waals surface area contributed by atoms with Crippen LogP contribution in [0.1, 0.15) is 43.4 Å². The lowest BCUT2D eigenvalue weighted by molar-refractivity contribution is 0.235. The molecule has 2 aromatic rings. The van der Waals surface area contributed by atoms with Gasteiger partial charge in [-0.05, 0) is 12.5 Å². The molecule has 6 heteroatoms. The smallest absolute Gasteiger partial charge is 0.254 e. The number of halogens is 1. The van der Waals surface area contributed by atoms with Crippen LogP contribution in [0, 0.1) is 5.82 Å². The van der Waals surface area contributed by atoms with E-state index in [1.165, 1.54) is 7.11 Å². The molecule has 1 aliphatic rings. The van der Waals surface area contributed by atoms with Crippen molar-refractivity contribution in [3.63, 3.8) is 0 Å². The molecule has 3 rings (SSSR count). The molecule has 5 nitrogen and oxygen atoms in total. The van der Waals surface area contributed by atoms with Crippen molar-refractivity contribution in [3.8, 4) is 5.75 Å². The molecule has 0 saturated heterocycles. The molecule has 1 aromatic carbocycles. The highest BCUT2D eigenvalue weighted by Gasteiger charge is 2.25. The Hall–Kier alpha value is -2.21. The predicted octanol–water partition coefficient (Wildman–Crippen LogP) is 2.77. The first kappa shape index (κ1) is 17.6. The third-order valence-corrected chi connectivity index (χ3v) is 4.52. The van der Waals surface area contributed by atoms with Crippen molar-refractivity contribution in [1.82, 2.24) is 14.9 Å². The summed E-state index contributed by atoms with van der Waals surface area (Å²) in [7, 11) is 1.46. The maximum absolute atomic E-state index is 14.4. The molecular weight excluding hydrogens is 321 g/mol. The molecule has 0 unspecified atom stereocenters. The van der Waals surface area contributed by atoms with Gasteiger partial charge < -0.3 is 9.72 Å². The summed E-state index contributed by atoms with van der Waals surface area (Å²) in [5, 5.41) is 0. The van der Waals surface area contributed by atoms with Crippen molar-refractivity contribution < 1.29 is 9.13 Å². The van der Waals surface area contributed by atoms with E-state index >= 15 is 0 Å². The van der Waals surface area contributed by atoms with E-state index in [-0.39, 0.29) is 22.5 Å². The number of nitrogens with one attached hydrogen (secondary N) is 1. The number of nitrogens with zero attached hydrogens (tertiary/aromatic N) is 2. The van der Waals surface area contributed by atoms with Crippen LogP contribution in [-0.4, -0.2) is 28.5 Å². The highest BCUT2D eigenvalue weighted by molar-refractivity contribution is 5.31. The number of aromatic amines is 1. The molecule has 2 heterocycles. The average molecular weight is 345 g/mol. The zero-order valence-electron chi connectivity index (χ0n) is 15.1. The van der Waals surface area contributed by atoms with Gasteiger partial charge in [0.25, 0.3) is 5.56 Å². The first-order chi connectivity index (χ1) is 11.8. The van der Waals surface area contributed by atoms with E-state index in [4.69, 9.17) is 4.74 Å².